The van der Waals surface area contributed by atoms with Gasteiger partial charge < -0.3 is 25.4 Å². The maximum Gasteiger partial charge on any atom is 0.305 e. The summed E-state index contributed by atoms with van der Waals surface area (Å²) in [5.41, 5.74) is 6.51. The van der Waals surface area contributed by atoms with E-state index >= 15 is 0 Å². The van der Waals surface area contributed by atoms with Crippen molar-refractivity contribution in [1.29, 1.82) is 0 Å². The van der Waals surface area contributed by atoms with Crippen LogP contribution in [0, 0.1) is 0 Å². The number of nitrogens with two attached hydrogens (primary N) is 1. The number of unbranched alkanes of at least 4 members (excludes halogenated alkanes) is 2. The Morgan fingerprint density at radius 3 is 2.88 bits per heavy atom. The zero-order chi connectivity index (χ0) is 18.7. The Hall–Kier alpha value is -2.30. The van der Waals surface area contributed by atoms with Gasteiger partial charge in [-0.15, -0.1) is 0 Å². The lowest BCUT2D eigenvalue weighted by Crippen LogP contribution is -2.34. The third kappa shape index (κ3) is 3.62. The summed E-state index contributed by atoms with van der Waals surface area (Å²) in [6.45, 7) is 1.91. The fourth-order valence-corrected chi connectivity index (χ4v) is 2.92. The number of aliphatic hydroxyl groups is 2. The summed E-state index contributed by atoms with van der Waals surface area (Å²) in [6, 6.07) is 0. The second-order valence-corrected chi connectivity index (χ2v) is 6.27. The molecule has 0 spiro atoms. The molecule has 0 aliphatic carbocycles. The van der Waals surface area contributed by atoms with E-state index in [2.05, 4.69) is 15.0 Å². The van der Waals surface area contributed by atoms with Crippen molar-refractivity contribution in [3.8, 4) is 0 Å². The summed E-state index contributed by atoms with van der Waals surface area (Å²) in [5, 5.41) is 20.6. The minimum absolute atomic E-state index is 0.135. The van der Waals surface area contributed by atoms with Crippen LogP contribution in [0.25, 0.3) is 11.2 Å². The number of esters is 1. The van der Waals surface area contributed by atoms with Gasteiger partial charge in [0.2, 0.25) is 0 Å². The van der Waals surface area contributed by atoms with Crippen LogP contribution in [0.15, 0.2) is 12.7 Å². The minimum atomic E-state index is -1.23. The number of aliphatic hydroxyl groups excluding tert-OH is 2. The highest BCUT2D eigenvalue weighted by Gasteiger charge is 2.44. The predicted molar refractivity (Wildman–Crippen MR) is 90.8 cm³/mol. The lowest BCUT2D eigenvalue weighted by molar-refractivity contribution is -0.150. The minimum Gasteiger partial charge on any atom is -0.463 e. The zero-order valence-electron chi connectivity index (χ0n) is 14.5. The van der Waals surface area contributed by atoms with Gasteiger partial charge in [-0.05, 0) is 6.42 Å². The van der Waals surface area contributed by atoms with Crippen LogP contribution in [0.4, 0.5) is 5.82 Å². The van der Waals surface area contributed by atoms with Gasteiger partial charge in [0.1, 0.15) is 36.8 Å². The molecule has 0 radical (unpaired) electrons. The summed E-state index contributed by atoms with van der Waals surface area (Å²) < 4.78 is 12.3. The summed E-state index contributed by atoms with van der Waals surface area (Å²) in [6.07, 6.45) is 1.54. The van der Waals surface area contributed by atoms with Crippen molar-refractivity contribution in [3.05, 3.63) is 12.7 Å². The van der Waals surface area contributed by atoms with Crippen LogP contribution in [0.3, 0.4) is 0 Å². The topological polar surface area (TPSA) is 146 Å². The molecule has 0 aromatic carbocycles. The summed E-state index contributed by atoms with van der Waals surface area (Å²) in [4.78, 5) is 23.8. The highest BCUT2D eigenvalue weighted by molar-refractivity contribution is 5.81. The molecule has 0 unspecified atom stereocenters. The maximum absolute atomic E-state index is 11.7. The van der Waals surface area contributed by atoms with Gasteiger partial charge in [-0.1, -0.05) is 19.8 Å². The van der Waals surface area contributed by atoms with Crippen LogP contribution in [0.1, 0.15) is 38.8 Å². The molecule has 4 atom stereocenters. The maximum atomic E-state index is 11.7. The molecule has 0 amide bonds. The van der Waals surface area contributed by atoms with Gasteiger partial charge in [-0.2, -0.15) is 0 Å². The molecular weight excluding hydrogens is 342 g/mol. The molecule has 3 heterocycles. The highest BCUT2D eigenvalue weighted by Crippen LogP contribution is 2.32. The molecule has 2 aromatic heterocycles. The number of fused-ring (bicyclic) bond motifs is 1. The molecule has 26 heavy (non-hydrogen) atoms. The van der Waals surface area contributed by atoms with Gasteiger partial charge >= 0.3 is 5.97 Å². The normalized spacial score (nSPS) is 25.7. The van der Waals surface area contributed by atoms with Gasteiger partial charge in [0.05, 0.1) is 6.33 Å². The molecule has 10 heteroatoms. The Morgan fingerprint density at radius 1 is 1.31 bits per heavy atom. The van der Waals surface area contributed by atoms with E-state index in [9.17, 15) is 15.0 Å². The van der Waals surface area contributed by atoms with Crippen molar-refractivity contribution in [2.75, 3.05) is 12.3 Å². The molecule has 4 N–H and O–H groups in total. The van der Waals surface area contributed by atoms with E-state index in [0.717, 1.165) is 19.3 Å². The highest BCUT2D eigenvalue weighted by atomic mass is 16.6. The van der Waals surface area contributed by atoms with E-state index in [1.807, 2.05) is 6.92 Å². The molecule has 10 nitrogen and oxygen atoms in total. The van der Waals surface area contributed by atoms with E-state index in [-0.39, 0.29) is 18.4 Å². The molecular formula is C16H23N5O5. The van der Waals surface area contributed by atoms with E-state index in [1.54, 1.807) is 0 Å². The van der Waals surface area contributed by atoms with Crippen LogP contribution >= 0.6 is 0 Å². The Kier molecular flexibility index (Phi) is 5.64. The molecule has 142 valence electrons. The number of carbonyl (C=O) groups excluding carboxylic acids is 1. The lowest BCUT2D eigenvalue weighted by atomic mass is 10.1. The van der Waals surface area contributed by atoms with Gasteiger partial charge in [0.15, 0.2) is 17.7 Å². The molecule has 0 saturated carbocycles. The number of ether oxygens (including phenoxy) is 2. The third-order valence-electron chi connectivity index (χ3n) is 4.39. The molecule has 0 bridgehead atoms. The summed E-state index contributed by atoms with van der Waals surface area (Å²) in [7, 11) is 0. The van der Waals surface area contributed by atoms with E-state index in [1.165, 1.54) is 17.2 Å². The quantitative estimate of drug-likeness (QED) is 0.461. The first-order valence-corrected chi connectivity index (χ1v) is 8.63. The van der Waals surface area contributed by atoms with Crippen LogP contribution in [0.5, 0.6) is 0 Å². The van der Waals surface area contributed by atoms with Crippen LogP contribution in [-0.2, 0) is 14.3 Å². The number of hydrogen-bond acceptors (Lipinski definition) is 9. The first-order chi connectivity index (χ1) is 12.5. The van der Waals surface area contributed by atoms with Crippen molar-refractivity contribution in [2.45, 2.75) is 57.1 Å². The third-order valence-corrected chi connectivity index (χ3v) is 4.39. The standard InChI is InChI=1S/C16H23N5O5/c1-2-3-4-5-10(22)25-6-9-12(23)13(24)16(26-9)21-8-20-11-14(17)18-7-19-15(11)21/h7-9,12-13,16,23-24H,2-6H2,1H3,(H2,17,18,19)/t9-,12-,13+,16-/m1/s1. The monoisotopic (exact) mass is 365 g/mol. The number of hydrogen-bond donors (Lipinski definition) is 3. The Bertz CT molecular complexity index is 767. The SMILES string of the molecule is CCCCCC(=O)OC[C@H]1O[C@@H](n2cnc3c(N)ncnc32)[C@@H](O)[C@@H]1O. The van der Waals surface area contributed by atoms with Crippen molar-refractivity contribution in [2.24, 2.45) is 0 Å². The number of anilines is 1. The van der Waals surface area contributed by atoms with Crippen molar-refractivity contribution in [1.82, 2.24) is 19.5 Å². The Morgan fingerprint density at radius 2 is 2.12 bits per heavy atom. The van der Waals surface area contributed by atoms with Gasteiger partial charge in [0.25, 0.3) is 0 Å². The molecule has 1 aliphatic heterocycles. The first-order valence-electron chi connectivity index (χ1n) is 8.63. The fourth-order valence-electron chi connectivity index (χ4n) is 2.92. The predicted octanol–water partition coefficient (Wildman–Crippen LogP) is 0.151. The zero-order valence-corrected chi connectivity index (χ0v) is 14.5. The number of aromatic nitrogens is 4. The Balaban J connectivity index is 1.66. The van der Waals surface area contributed by atoms with Crippen LogP contribution < -0.4 is 5.73 Å². The molecule has 2 aromatic rings. The smallest absolute Gasteiger partial charge is 0.305 e. The molecule has 1 fully saturated rings. The summed E-state index contributed by atoms with van der Waals surface area (Å²) >= 11 is 0. The second kappa shape index (κ2) is 7.94. The average Bonchev–Trinajstić information content (AvgIpc) is 3.17. The number of imidazole rings is 1. The largest absolute Gasteiger partial charge is 0.463 e. The first kappa shape index (κ1) is 18.5. The molecule has 1 aliphatic rings. The van der Waals surface area contributed by atoms with Crippen molar-refractivity contribution < 1.29 is 24.5 Å². The van der Waals surface area contributed by atoms with Crippen molar-refractivity contribution in [3.63, 3.8) is 0 Å². The van der Waals surface area contributed by atoms with Crippen molar-refractivity contribution >= 4 is 23.0 Å². The summed E-state index contributed by atoms with van der Waals surface area (Å²) in [5.74, 6) is -0.139. The Labute approximate surface area is 150 Å². The lowest BCUT2D eigenvalue weighted by Gasteiger charge is -2.16. The average molecular weight is 365 g/mol. The molecule has 3 rings (SSSR count). The number of rotatable bonds is 7. The second-order valence-electron chi connectivity index (χ2n) is 6.27. The van der Waals surface area contributed by atoms with Crippen LogP contribution in [-0.4, -0.2) is 60.6 Å². The van der Waals surface area contributed by atoms with Gasteiger partial charge in [-0.25, -0.2) is 15.0 Å². The molecule has 1 saturated heterocycles. The number of carbonyl (C=O) groups is 1. The van der Waals surface area contributed by atoms with Crippen LogP contribution in [0.2, 0.25) is 0 Å². The van der Waals surface area contributed by atoms with E-state index in [0.29, 0.717) is 17.6 Å². The number of nitrogens with zero attached hydrogens (tertiary/aromatic N) is 4. The van der Waals surface area contributed by atoms with Gasteiger partial charge in [0, 0.05) is 6.42 Å². The number of nitrogen functional groups attached to an aromatic ring is 1. The fraction of sp³-hybridized carbons (Fsp3) is 0.625. The van der Waals surface area contributed by atoms with E-state index in [4.69, 9.17) is 15.2 Å². The van der Waals surface area contributed by atoms with Gasteiger partial charge in [-0.3, -0.25) is 9.36 Å². The van der Waals surface area contributed by atoms with E-state index < -0.39 is 24.5 Å².